The summed E-state index contributed by atoms with van der Waals surface area (Å²) in [7, 11) is 0. The van der Waals surface area contributed by atoms with Gasteiger partial charge in [-0.3, -0.25) is 0 Å². The van der Waals surface area contributed by atoms with Crippen molar-refractivity contribution in [2.45, 2.75) is 58.3 Å². The molecule has 1 aromatic heterocycles. The SMILES string of the molecule is CCCNc1nc(N2CCCCCC2)nc2c1CCC2. The maximum Gasteiger partial charge on any atom is 0.227 e. The summed E-state index contributed by atoms with van der Waals surface area (Å²) >= 11 is 0. The van der Waals surface area contributed by atoms with Crippen LogP contribution in [-0.2, 0) is 12.8 Å². The van der Waals surface area contributed by atoms with Gasteiger partial charge in [0.15, 0.2) is 0 Å². The van der Waals surface area contributed by atoms with Crippen molar-refractivity contribution >= 4 is 11.8 Å². The van der Waals surface area contributed by atoms with Crippen LogP contribution in [0.4, 0.5) is 11.8 Å². The zero-order valence-electron chi connectivity index (χ0n) is 12.6. The Hall–Kier alpha value is -1.32. The highest BCUT2D eigenvalue weighted by molar-refractivity contribution is 5.53. The molecule has 1 aliphatic carbocycles. The van der Waals surface area contributed by atoms with E-state index < -0.39 is 0 Å². The van der Waals surface area contributed by atoms with E-state index in [0.29, 0.717) is 0 Å². The zero-order chi connectivity index (χ0) is 13.8. The molecular weight excluding hydrogens is 248 g/mol. The summed E-state index contributed by atoms with van der Waals surface area (Å²) < 4.78 is 0. The van der Waals surface area contributed by atoms with E-state index in [0.717, 1.165) is 50.7 Å². The van der Waals surface area contributed by atoms with Crippen LogP contribution in [-0.4, -0.2) is 29.6 Å². The number of anilines is 2. The van der Waals surface area contributed by atoms with Crippen LogP contribution in [0.15, 0.2) is 0 Å². The fourth-order valence-corrected chi connectivity index (χ4v) is 3.22. The predicted octanol–water partition coefficient (Wildman–Crippen LogP) is 3.17. The van der Waals surface area contributed by atoms with E-state index in [9.17, 15) is 0 Å². The summed E-state index contributed by atoms with van der Waals surface area (Å²) in [5.74, 6) is 2.07. The van der Waals surface area contributed by atoms with Crippen LogP contribution in [0.1, 0.15) is 56.7 Å². The molecule has 1 aliphatic heterocycles. The molecular formula is C16H26N4. The second-order valence-electron chi connectivity index (χ2n) is 5.98. The van der Waals surface area contributed by atoms with Gasteiger partial charge in [0.25, 0.3) is 0 Å². The van der Waals surface area contributed by atoms with Gasteiger partial charge in [-0.25, -0.2) is 4.98 Å². The minimum Gasteiger partial charge on any atom is -0.370 e. The van der Waals surface area contributed by atoms with E-state index in [2.05, 4.69) is 17.1 Å². The van der Waals surface area contributed by atoms with Crippen LogP contribution in [0.3, 0.4) is 0 Å². The number of hydrogen-bond acceptors (Lipinski definition) is 4. The summed E-state index contributed by atoms with van der Waals surface area (Å²) in [6.45, 7) is 5.44. The van der Waals surface area contributed by atoms with Crippen LogP contribution in [0.2, 0.25) is 0 Å². The van der Waals surface area contributed by atoms with Gasteiger partial charge >= 0.3 is 0 Å². The lowest BCUT2D eigenvalue weighted by atomic mass is 10.2. The Balaban J connectivity index is 1.86. The van der Waals surface area contributed by atoms with Gasteiger partial charge in [-0.15, -0.1) is 0 Å². The van der Waals surface area contributed by atoms with Crippen LogP contribution < -0.4 is 10.2 Å². The third-order valence-electron chi connectivity index (χ3n) is 4.35. The number of aryl methyl sites for hydroxylation is 1. The fraction of sp³-hybridized carbons (Fsp3) is 0.750. The molecule has 1 saturated heterocycles. The Bertz CT molecular complexity index is 450. The van der Waals surface area contributed by atoms with Crippen molar-refractivity contribution in [3.05, 3.63) is 11.3 Å². The highest BCUT2D eigenvalue weighted by atomic mass is 15.3. The molecule has 0 saturated carbocycles. The Kier molecular flexibility index (Phi) is 4.38. The first kappa shape index (κ1) is 13.7. The largest absolute Gasteiger partial charge is 0.370 e. The number of hydrogen-bond donors (Lipinski definition) is 1. The first-order valence-corrected chi connectivity index (χ1v) is 8.27. The minimum atomic E-state index is 0.964. The lowest BCUT2D eigenvalue weighted by molar-refractivity contribution is 0.726. The summed E-state index contributed by atoms with van der Waals surface area (Å²) in [6, 6.07) is 0. The molecule has 3 rings (SSSR count). The summed E-state index contributed by atoms with van der Waals surface area (Å²) in [6.07, 6.45) is 9.88. The van der Waals surface area contributed by atoms with Crippen molar-refractivity contribution in [2.24, 2.45) is 0 Å². The molecule has 0 amide bonds. The molecule has 1 aromatic rings. The Morgan fingerprint density at radius 1 is 1.00 bits per heavy atom. The maximum absolute atomic E-state index is 4.86. The number of rotatable bonds is 4. The lowest BCUT2D eigenvalue weighted by Gasteiger charge is -2.22. The van der Waals surface area contributed by atoms with Gasteiger partial charge in [0.2, 0.25) is 5.95 Å². The van der Waals surface area contributed by atoms with E-state index in [4.69, 9.17) is 9.97 Å². The molecule has 110 valence electrons. The van der Waals surface area contributed by atoms with Crippen molar-refractivity contribution in [1.82, 2.24) is 9.97 Å². The van der Waals surface area contributed by atoms with Gasteiger partial charge in [0, 0.05) is 25.2 Å². The Morgan fingerprint density at radius 3 is 2.55 bits per heavy atom. The van der Waals surface area contributed by atoms with Crippen molar-refractivity contribution in [2.75, 3.05) is 29.9 Å². The normalized spacial score (nSPS) is 18.8. The molecule has 0 spiro atoms. The second-order valence-corrected chi connectivity index (χ2v) is 5.98. The molecule has 2 heterocycles. The molecule has 0 radical (unpaired) electrons. The first-order chi connectivity index (χ1) is 9.88. The smallest absolute Gasteiger partial charge is 0.227 e. The third-order valence-corrected chi connectivity index (χ3v) is 4.35. The van der Waals surface area contributed by atoms with Gasteiger partial charge in [0.1, 0.15) is 5.82 Å². The molecule has 1 fully saturated rings. The highest BCUT2D eigenvalue weighted by Gasteiger charge is 2.21. The molecule has 4 nitrogen and oxygen atoms in total. The zero-order valence-corrected chi connectivity index (χ0v) is 12.6. The monoisotopic (exact) mass is 274 g/mol. The molecule has 0 aromatic carbocycles. The van der Waals surface area contributed by atoms with Gasteiger partial charge in [-0.2, -0.15) is 4.98 Å². The molecule has 4 heteroatoms. The van der Waals surface area contributed by atoms with Crippen molar-refractivity contribution < 1.29 is 0 Å². The Morgan fingerprint density at radius 2 is 1.80 bits per heavy atom. The quantitative estimate of drug-likeness (QED) is 0.915. The first-order valence-electron chi connectivity index (χ1n) is 8.27. The summed E-state index contributed by atoms with van der Waals surface area (Å²) in [4.78, 5) is 12.1. The average Bonchev–Trinajstić information content (AvgIpc) is 2.78. The van der Waals surface area contributed by atoms with Crippen molar-refractivity contribution in [1.29, 1.82) is 0 Å². The number of nitrogens with one attached hydrogen (secondary N) is 1. The predicted molar refractivity (Wildman–Crippen MR) is 83.5 cm³/mol. The van der Waals surface area contributed by atoms with Crippen molar-refractivity contribution in [3.63, 3.8) is 0 Å². The summed E-state index contributed by atoms with van der Waals surface area (Å²) in [5.41, 5.74) is 2.66. The van der Waals surface area contributed by atoms with E-state index in [1.165, 1.54) is 43.4 Å². The van der Waals surface area contributed by atoms with Crippen LogP contribution in [0.25, 0.3) is 0 Å². The number of fused-ring (bicyclic) bond motifs is 1. The summed E-state index contributed by atoms with van der Waals surface area (Å²) in [5, 5.41) is 3.51. The average molecular weight is 274 g/mol. The maximum atomic E-state index is 4.86. The molecule has 20 heavy (non-hydrogen) atoms. The van der Waals surface area contributed by atoms with E-state index in [1.54, 1.807) is 0 Å². The van der Waals surface area contributed by atoms with Gasteiger partial charge < -0.3 is 10.2 Å². The van der Waals surface area contributed by atoms with E-state index in [1.807, 2.05) is 0 Å². The van der Waals surface area contributed by atoms with Crippen LogP contribution in [0.5, 0.6) is 0 Å². The standard InChI is InChI=1S/C16H26N4/c1-2-10-17-15-13-8-7-9-14(13)18-16(19-15)20-11-5-3-4-6-12-20/h2-12H2,1H3,(H,17,18,19). The van der Waals surface area contributed by atoms with E-state index in [-0.39, 0.29) is 0 Å². The van der Waals surface area contributed by atoms with Crippen LogP contribution >= 0.6 is 0 Å². The number of nitrogens with zero attached hydrogens (tertiary/aromatic N) is 3. The van der Waals surface area contributed by atoms with Crippen LogP contribution in [0, 0.1) is 0 Å². The van der Waals surface area contributed by atoms with Crippen molar-refractivity contribution in [3.8, 4) is 0 Å². The molecule has 0 bridgehead atoms. The van der Waals surface area contributed by atoms with E-state index >= 15 is 0 Å². The highest BCUT2D eigenvalue weighted by Crippen LogP contribution is 2.29. The molecule has 1 N–H and O–H groups in total. The topological polar surface area (TPSA) is 41.1 Å². The molecule has 0 unspecified atom stereocenters. The van der Waals surface area contributed by atoms with Gasteiger partial charge in [0.05, 0.1) is 5.69 Å². The minimum absolute atomic E-state index is 0.964. The second kappa shape index (κ2) is 6.42. The molecule has 0 atom stereocenters. The fourth-order valence-electron chi connectivity index (χ4n) is 3.22. The van der Waals surface area contributed by atoms with Gasteiger partial charge in [-0.1, -0.05) is 19.8 Å². The third kappa shape index (κ3) is 2.89. The molecule has 2 aliphatic rings. The number of aromatic nitrogens is 2. The Labute approximate surface area is 122 Å². The lowest BCUT2D eigenvalue weighted by Crippen LogP contribution is -2.27. The van der Waals surface area contributed by atoms with Gasteiger partial charge in [-0.05, 0) is 38.5 Å².